The van der Waals surface area contributed by atoms with Gasteiger partial charge in [0.15, 0.2) is 0 Å². The molecule has 182 valence electrons. The largest absolute Gasteiger partial charge is 0.0808 e. The van der Waals surface area contributed by atoms with Crippen LogP contribution in [0.1, 0.15) is 58.4 Å². The SMILES string of the molecule is CCC(C)C[Si]1(C2C(C)CC3C(c4c5ccccc5cc5ccccc45)=CC=CC32)CCCCC1. The van der Waals surface area contributed by atoms with Crippen LogP contribution in [0.4, 0.5) is 0 Å². The van der Waals surface area contributed by atoms with E-state index < -0.39 is 8.07 Å². The summed E-state index contributed by atoms with van der Waals surface area (Å²) in [5.74, 6) is 3.18. The van der Waals surface area contributed by atoms with Crippen molar-refractivity contribution < 1.29 is 0 Å². The third-order valence-corrected chi connectivity index (χ3v) is 16.8. The summed E-state index contributed by atoms with van der Waals surface area (Å²) in [6.45, 7) is 7.60. The third kappa shape index (κ3) is 3.95. The van der Waals surface area contributed by atoms with Gasteiger partial charge in [-0.25, -0.2) is 0 Å². The van der Waals surface area contributed by atoms with Crippen molar-refractivity contribution in [1.29, 1.82) is 0 Å². The molecule has 0 aromatic heterocycles. The van der Waals surface area contributed by atoms with Crippen LogP contribution in [-0.4, -0.2) is 8.07 Å². The molecule has 1 saturated carbocycles. The maximum Gasteiger partial charge on any atom is 0.0578 e. The predicted octanol–water partition coefficient (Wildman–Crippen LogP) is 10.3. The molecule has 0 nitrogen and oxygen atoms in total. The molecule has 1 saturated heterocycles. The van der Waals surface area contributed by atoms with Gasteiger partial charge in [-0.2, -0.15) is 0 Å². The topological polar surface area (TPSA) is 0 Å². The predicted molar refractivity (Wildman–Crippen MR) is 157 cm³/mol. The summed E-state index contributed by atoms with van der Waals surface area (Å²) in [7, 11) is -1.32. The van der Waals surface area contributed by atoms with Crippen molar-refractivity contribution in [2.45, 2.75) is 76.5 Å². The molecular weight excluding hydrogens is 436 g/mol. The lowest BCUT2D eigenvalue weighted by Crippen LogP contribution is -2.46. The quantitative estimate of drug-likeness (QED) is 0.253. The van der Waals surface area contributed by atoms with E-state index in [9.17, 15) is 0 Å². The second kappa shape index (κ2) is 9.39. The molecule has 2 fully saturated rings. The molecule has 0 bridgehead atoms. The number of hydrogen-bond acceptors (Lipinski definition) is 0. The third-order valence-electron chi connectivity index (χ3n) is 10.2. The molecule has 0 N–H and O–H groups in total. The van der Waals surface area contributed by atoms with Crippen molar-refractivity contribution in [3.63, 3.8) is 0 Å². The zero-order chi connectivity index (χ0) is 24.0. The summed E-state index contributed by atoms with van der Waals surface area (Å²) in [5, 5.41) is 5.63. The highest BCUT2D eigenvalue weighted by Gasteiger charge is 2.53. The lowest BCUT2D eigenvalue weighted by atomic mass is 9.78. The summed E-state index contributed by atoms with van der Waals surface area (Å²) in [6, 6.07) is 25.3. The fraction of sp³-hybridized carbons (Fsp3) is 0.471. The monoisotopic (exact) mass is 478 g/mol. The molecule has 0 spiro atoms. The van der Waals surface area contributed by atoms with Gasteiger partial charge in [0, 0.05) is 0 Å². The molecule has 1 aliphatic heterocycles. The molecule has 3 aromatic carbocycles. The number of hydrogen-bond donors (Lipinski definition) is 0. The van der Waals surface area contributed by atoms with E-state index in [2.05, 4.69) is 93.6 Å². The highest BCUT2D eigenvalue weighted by atomic mass is 28.3. The van der Waals surface area contributed by atoms with Gasteiger partial charge in [0.1, 0.15) is 0 Å². The van der Waals surface area contributed by atoms with Crippen LogP contribution in [0.2, 0.25) is 23.7 Å². The Morgan fingerprint density at radius 1 is 0.914 bits per heavy atom. The van der Waals surface area contributed by atoms with E-state index in [4.69, 9.17) is 0 Å². The van der Waals surface area contributed by atoms with E-state index in [1.165, 1.54) is 59.2 Å². The smallest absolute Gasteiger partial charge is 0.0578 e. The average Bonchev–Trinajstić information content (AvgIpc) is 3.24. The highest BCUT2D eigenvalue weighted by Crippen LogP contribution is 2.61. The molecule has 2 aliphatic carbocycles. The molecule has 0 amide bonds. The van der Waals surface area contributed by atoms with Crippen LogP contribution in [-0.2, 0) is 0 Å². The van der Waals surface area contributed by atoms with Crippen LogP contribution in [0.15, 0.2) is 72.8 Å². The van der Waals surface area contributed by atoms with Crippen molar-refractivity contribution in [3.05, 3.63) is 78.4 Å². The Balaban J connectivity index is 1.46. The summed E-state index contributed by atoms with van der Waals surface area (Å²) in [5.41, 5.74) is 4.11. The second-order valence-electron chi connectivity index (χ2n) is 12.3. The molecule has 0 radical (unpaired) electrons. The fourth-order valence-electron chi connectivity index (χ4n) is 8.71. The maximum atomic E-state index is 2.66. The molecule has 3 aromatic rings. The summed E-state index contributed by atoms with van der Waals surface area (Å²) < 4.78 is 0. The number of rotatable bonds is 5. The van der Waals surface area contributed by atoms with Crippen LogP contribution in [0.5, 0.6) is 0 Å². The molecule has 5 unspecified atom stereocenters. The van der Waals surface area contributed by atoms with Gasteiger partial charge in [-0.15, -0.1) is 0 Å². The number of fused-ring (bicyclic) bond motifs is 3. The van der Waals surface area contributed by atoms with Gasteiger partial charge in [-0.3, -0.25) is 0 Å². The zero-order valence-corrected chi connectivity index (χ0v) is 23.0. The first-order valence-corrected chi connectivity index (χ1v) is 17.1. The lowest BCUT2D eigenvalue weighted by Gasteiger charge is -2.46. The van der Waals surface area contributed by atoms with Crippen LogP contribution in [0.3, 0.4) is 0 Å². The maximum absolute atomic E-state index is 2.66. The standard InChI is InChI=1S/C34H42Si/c1-4-24(2)23-35(19-10-5-11-20-35)34-25(3)21-32-30(17-12-18-31(32)34)33-28-15-8-6-13-26(28)22-27-14-7-9-16-29(27)33/h6-9,12-18,22,24-25,31-32,34H,4-5,10-11,19-21,23H2,1-3H3. The Morgan fingerprint density at radius 2 is 1.57 bits per heavy atom. The van der Waals surface area contributed by atoms with E-state index in [-0.39, 0.29) is 0 Å². The Morgan fingerprint density at radius 3 is 2.23 bits per heavy atom. The summed E-state index contributed by atoms with van der Waals surface area (Å²) >= 11 is 0. The van der Waals surface area contributed by atoms with Crippen molar-refractivity contribution in [3.8, 4) is 0 Å². The Bertz CT molecular complexity index is 1220. The van der Waals surface area contributed by atoms with Gasteiger partial charge in [0.05, 0.1) is 8.07 Å². The van der Waals surface area contributed by atoms with Gasteiger partial charge in [-0.05, 0) is 74.4 Å². The van der Waals surface area contributed by atoms with Crippen LogP contribution >= 0.6 is 0 Å². The van der Waals surface area contributed by atoms with Gasteiger partial charge >= 0.3 is 0 Å². The minimum Gasteiger partial charge on any atom is -0.0808 e. The molecule has 1 heterocycles. The van der Waals surface area contributed by atoms with E-state index in [0.717, 1.165) is 23.3 Å². The molecule has 6 rings (SSSR count). The normalized spacial score (nSPS) is 28.7. The lowest BCUT2D eigenvalue weighted by molar-refractivity contribution is 0.508. The second-order valence-corrected chi connectivity index (χ2v) is 17.1. The minimum atomic E-state index is -1.32. The van der Waals surface area contributed by atoms with Gasteiger partial charge in [-0.1, -0.05) is 131 Å². The highest BCUT2D eigenvalue weighted by molar-refractivity contribution is 6.81. The van der Waals surface area contributed by atoms with Crippen LogP contribution in [0, 0.1) is 23.7 Å². The van der Waals surface area contributed by atoms with E-state index in [1.54, 1.807) is 23.7 Å². The first kappa shape index (κ1) is 23.3. The molecule has 1 heteroatoms. The Hall–Kier alpha value is -2.12. The van der Waals surface area contributed by atoms with Crippen molar-refractivity contribution in [1.82, 2.24) is 0 Å². The van der Waals surface area contributed by atoms with E-state index >= 15 is 0 Å². The number of benzene rings is 3. The Kier molecular flexibility index (Phi) is 6.25. The summed E-state index contributed by atoms with van der Waals surface area (Å²) in [6.07, 6.45) is 14.8. The first-order valence-electron chi connectivity index (χ1n) is 14.4. The fourth-order valence-corrected chi connectivity index (χ4v) is 16.4. The van der Waals surface area contributed by atoms with Crippen LogP contribution < -0.4 is 0 Å². The zero-order valence-electron chi connectivity index (χ0n) is 22.0. The van der Waals surface area contributed by atoms with Crippen molar-refractivity contribution >= 4 is 35.2 Å². The summed E-state index contributed by atoms with van der Waals surface area (Å²) in [4.78, 5) is 0. The minimum absolute atomic E-state index is 0.678. The van der Waals surface area contributed by atoms with Crippen molar-refractivity contribution in [2.75, 3.05) is 0 Å². The van der Waals surface area contributed by atoms with E-state index in [1.807, 2.05) is 0 Å². The average molecular weight is 479 g/mol. The van der Waals surface area contributed by atoms with E-state index in [0.29, 0.717) is 5.92 Å². The first-order chi connectivity index (χ1) is 17.1. The molecule has 5 atom stereocenters. The van der Waals surface area contributed by atoms with Gasteiger partial charge in [0.25, 0.3) is 0 Å². The molecular formula is C34H42Si. The number of allylic oxidation sites excluding steroid dienone is 4. The molecule has 35 heavy (non-hydrogen) atoms. The van der Waals surface area contributed by atoms with Crippen molar-refractivity contribution in [2.24, 2.45) is 23.7 Å². The van der Waals surface area contributed by atoms with Gasteiger partial charge < -0.3 is 0 Å². The Labute approximate surface area is 213 Å². The van der Waals surface area contributed by atoms with Crippen LogP contribution in [0.25, 0.3) is 27.1 Å². The molecule has 3 aliphatic rings. The van der Waals surface area contributed by atoms with Gasteiger partial charge in [0.2, 0.25) is 0 Å².